The minimum atomic E-state index is 0. The average Bonchev–Trinajstić information content (AvgIpc) is 2.37. The van der Waals surface area contributed by atoms with E-state index in [1.54, 1.807) is 0 Å². The van der Waals surface area contributed by atoms with Crippen LogP contribution in [0.25, 0.3) is 0 Å². The lowest BCUT2D eigenvalue weighted by Crippen LogP contribution is -1.98. The van der Waals surface area contributed by atoms with Gasteiger partial charge < -0.3 is 4.98 Å². The number of hydrogen-bond acceptors (Lipinski definition) is 2. The second-order valence-electron chi connectivity index (χ2n) is 1.52. The summed E-state index contributed by atoms with van der Waals surface area (Å²) in [5.41, 5.74) is 0.548. The lowest BCUT2D eigenvalue weighted by Gasteiger charge is -1.85. The summed E-state index contributed by atoms with van der Waals surface area (Å²) in [6.07, 6.45) is 2.99. The molecule has 0 spiro atoms. The Labute approximate surface area is 77.1 Å². The van der Waals surface area contributed by atoms with E-state index in [9.17, 15) is 4.79 Å². The van der Waals surface area contributed by atoms with Crippen LogP contribution in [-0.4, -0.2) is 21.1 Å². The Morgan fingerprint density at radius 3 is 2.90 bits per heavy atom. The van der Waals surface area contributed by atoms with E-state index in [0.717, 1.165) is 0 Å². The summed E-state index contributed by atoms with van der Waals surface area (Å²) in [6, 6.07) is 0. The van der Waals surface area contributed by atoms with Crippen LogP contribution >= 0.6 is 32.9 Å². The Morgan fingerprint density at radius 2 is 2.50 bits per heavy atom. The fraction of sp³-hybridized carbons (Fsp3) is 0.200. The van der Waals surface area contributed by atoms with Crippen LogP contribution in [0.4, 0.5) is 0 Å². The smallest absolute Gasteiger partial charge is 0.191 e. The molecule has 1 heterocycles. The second-order valence-corrected chi connectivity index (χ2v) is 2.08. The van der Waals surface area contributed by atoms with Crippen LogP contribution in [0.3, 0.4) is 0 Å². The molecule has 1 rings (SSSR count). The van der Waals surface area contributed by atoms with Crippen molar-refractivity contribution >= 4 is 38.7 Å². The van der Waals surface area contributed by atoms with E-state index < -0.39 is 0 Å². The maximum absolute atomic E-state index is 10.8. The van der Waals surface area contributed by atoms with Crippen molar-refractivity contribution in [3.8, 4) is 0 Å². The van der Waals surface area contributed by atoms with E-state index in [-0.39, 0.29) is 22.8 Å². The number of hydrogen-bond donors (Lipinski definition) is 1. The highest BCUT2D eigenvalue weighted by Gasteiger charge is 2.02. The van der Waals surface area contributed by atoms with Crippen molar-refractivity contribution < 1.29 is 4.79 Å². The zero-order valence-corrected chi connectivity index (χ0v) is 8.30. The van der Waals surface area contributed by atoms with Gasteiger partial charge in [0.25, 0.3) is 0 Å². The maximum Gasteiger partial charge on any atom is 0.191 e. The van der Waals surface area contributed by atoms with Gasteiger partial charge in [-0.15, -0.1) is 17.0 Å². The van der Waals surface area contributed by atoms with E-state index in [2.05, 4.69) is 25.9 Å². The molecular weight excluding hydrogens is 264 g/mol. The Kier molecular flexibility index (Phi) is 4.55. The van der Waals surface area contributed by atoms with Crippen LogP contribution in [0.15, 0.2) is 12.5 Å². The molecule has 0 unspecified atom stereocenters. The molecule has 0 radical (unpaired) electrons. The van der Waals surface area contributed by atoms with Gasteiger partial charge in [-0.05, 0) is 0 Å². The minimum Gasteiger partial charge on any atom is -0.342 e. The number of ketones is 1. The molecule has 10 heavy (non-hydrogen) atoms. The number of rotatable bonds is 2. The number of Topliss-reactive ketones (excluding diaryl/α,β-unsaturated/α-hetero) is 1. The van der Waals surface area contributed by atoms with Crippen molar-refractivity contribution in [2.45, 2.75) is 0 Å². The number of carbonyl (C=O) groups excluding carboxylic acids is 1. The Hall–Kier alpha value is -0.160. The number of nitrogens with zero attached hydrogens (tertiary/aromatic N) is 1. The van der Waals surface area contributed by atoms with E-state index in [1.807, 2.05) is 0 Å². The fourth-order valence-corrected chi connectivity index (χ4v) is 0.782. The van der Waals surface area contributed by atoms with Gasteiger partial charge in [0.1, 0.15) is 5.69 Å². The van der Waals surface area contributed by atoms with Gasteiger partial charge in [-0.25, -0.2) is 4.98 Å². The Morgan fingerprint density at radius 1 is 1.80 bits per heavy atom. The predicted molar refractivity (Wildman–Crippen MR) is 47.0 cm³/mol. The van der Waals surface area contributed by atoms with Gasteiger partial charge in [0.2, 0.25) is 0 Å². The van der Waals surface area contributed by atoms with Crippen molar-refractivity contribution in [3.05, 3.63) is 18.2 Å². The molecule has 0 saturated heterocycles. The molecule has 0 aliphatic rings. The molecule has 0 aliphatic heterocycles. The largest absolute Gasteiger partial charge is 0.342 e. The van der Waals surface area contributed by atoms with Crippen LogP contribution < -0.4 is 0 Å². The quantitative estimate of drug-likeness (QED) is 0.654. The third kappa shape index (κ3) is 2.22. The molecule has 0 amide bonds. The highest BCUT2D eigenvalue weighted by molar-refractivity contribution is 9.09. The summed E-state index contributed by atoms with van der Waals surface area (Å²) in [5, 5.41) is 0.342. The summed E-state index contributed by atoms with van der Waals surface area (Å²) in [7, 11) is 0. The highest BCUT2D eigenvalue weighted by Crippen LogP contribution is 1.95. The molecule has 5 heteroatoms. The topological polar surface area (TPSA) is 45.8 Å². The number of alkyl halides is 1. The number of H-pyrrole nitrogens is 1. The number of nitrogens with one attached hydrogen (secondary N) is 1. The summed E-state index contributed by atoms with van der Waals surface area (Å²) >= 11 is 3.04. The lowest BCUT2D eigenvalue weighted by atomic mass is 10.3. The van der Waals surface area contributed by atoms with Gasteiger partial charge in [0, 0.05) is 0 Å². The molecule has 1 aromatic heterocycles. The van der Waals surface area contributed by atoms with Crippen molar-refractivity contribution in [3.63, 3.8) is 0 Å². The molecular formula is C5H6Br2N2O. The lowest BCUT2D eigenvalue weighted by molar-refractivity contribution is 0.101. The minimum absolute atomic E-state index is 0. The SMILES string of the molecule is Br.O=C(CBr)c1cnc[nH]1. The van der Waals surface area contributed by atoms with Crippen LogP contribution in [0, 0.1) is 0 Å². The first kappa shape index (κ1) is 9.84. The van der Waals surface area contributed by atoms with Gasteiger partial charge in [0.05, 0.1) is 17.9 Å². The number of carbonyl (C=O) groups is 1. The average molecular weight is 270 g/mol. The molecule has 1 N–H and O–H groups in total. The fourth-order valence-electron chi connectivity index (χ4n) is 0.480. The third-order valence-electron chi connectivity index (χ3n) is 0.920. The molecule has 0 fully saturated rings. The molecule has 0 atom stereocenters. The monoisotopic (exact) mass is 268 g/mol. The molecule has 0 aromatic carbocycles. The molecule has 0 bridgehead atoms. The zero-order valence-electron chi connectivity index (χ0n) is 5.00. The predicted octanol–water partition coefficient (Wildman–Crippen LogP) is 1.57. The van der Waals surface area contributed by atoms with E-state index in [1.165, 1.54) is 12.5 Å². The number of imidazole rings is 1. The molecule has 1 aromatic rings. The normalized spacial score (nSPS) is 8.50. The number of aromatic amines is 1. The highest BCUT2D eigenvalue weighted by atomic mass is 79.9. The molecule has 0 saturated carbocycles. The first-order valence-electron chi connectivity index (χ1n) is 2.42. The van der Waals surface area contributed by atoms with Gasteiger partial charge >= 0.3 is 0 Å². The van der Waals surface area contributed by atoms with Gasteiger partial charge in [-0.1, -0.05) is 15.9 Å². The Bertz CT molecular complexity index is 197. The number of halogens is 2. The second kappa shape index (κ2) is 4.62. The van der Waals surface area contributed by atoms with Crippen LogP contribution in [0.5, 0.6) is 0 Å². The first-order chi connectivity index (χ1) is 4.34. The van der Waals surface area contributed by atoms with Gasteiger partial charge in [-0.3, -0.25) is 4.79 Å². The standard InChI is InChI=1S/C5H5BrN2O.BrH/c6-1-5(9)4-2-7-3-8-4;/h2-3H,1H2,(H,7,8);1H. The van der Waals surface area contributed by atoms with Crippen LogP contribution in [-0.2, 0) is 0 Å². The Balaban J connectivity index is 0.000000810. The van der Waals surface area contributed by atoms with E-state index in [0.29, 0.717) is 11.0 Å². The summed E-state index contributed by atoms with van der Waals surface area (Å²) in [4.78, 5) is 17.1. The summed E-state index contributed by atoms with van der Waals surface area (Å²) in [6.45, 7) is 0. The van der Waals surface area contributed by atoms with Gasteiger partial charge in [0.15, 0.2) is 5.78 Å². The van der Waals surface area contributed by atoms with Gasteiger partial charge in [-0.2, -0.15) is 0 Å². The van der Waals surface area contributed by atoms with E-state index in [4.69, 9.17) is 0 Å². The summed E-state index contributed by atoms with van der Waals surface area (Å²) < 4.78 is 0. The maximum atomic E-state index is 10.8. The van der Waals surface area contributed by atoms with Crippen molar-refractivity contribution in [1.82, 2.24) is 9.97 Å². The zero-order chi connectivity index (χ0) is 6.69. The number of aromatic nitrogens is 2. The third-order valence-corrected chi connectivity index (χ3v) is 1.43. The molecule has 0 aliphatic carbocycles. The molecule has 3 nitrogen and oxygen atoms in total. The van der Waals surface area contributed by atoms with Crippen LogP contribution in [0.1, 0.15) is 10.5 Å². The van der Waals surface area contributed by atoms with Crippen molar-refractivity contribution in [2.24, 2.45) is 0 Å². The van der Waals surface area contributed by atoms with Crippen molar-refractivity contribution in [2.75, 3.05) is 5.33 Å². The van der Waals surface area contributed by atoms with Crippen LogP contribution in [0.2, 0.25) is 0 Å². The molecule has 56 valence electrons. The van der Waals surface area contributed by atoms with E-state index >= 15 is 0 Å². The summed E-state index contributed by atoms with van der Waals surface area (Å²) in [5.74, 6) is 0.0208. The first-order valence-corrected chi connectivity index (χ1v) is 3.54. The van der Waals surface area contributed by atoms with Crippen molar-refractivity contribution in [1.29, 1.82) is 0 Å².